The molecule has 2 rings (SSSR count). The van der Waals surface area contributed by atoms with E-state index in [1.54, 1.807) is 6.92 Å². The van der Waals surface area contributed by atoms with Gasteiger partial charge in [0.05, 0.1) is 0 Å². The van der Waals surface area contributed by atoms with E-state index in [-0.39, 0.29) is 11.9 Å². The molecule has 0 radical (unpaired) electrons. The first-order valence-electron chi connectivity index (χ1n) is 5.84. The van der Waals surface area contributed by atoms with Crippen LogP contribution in [-0.4, -0.2) is 29.9 Å². The van der Waals surface area contributed by atoms with Crippen molar-refractivity contribution in [3.63, 3.8) is 0 Å². The summed E-state index contributed by atoms with van der Waals surface area (Å²) in [6.07, 6.45) is 0.942. The number of benzene rings is 1. The van der Waals surface area contributed by atoms with Gasteiger partial charge in [-0.05, 0) is 24.1 Å². The molecule has 1 amide bonds. The molecule has 2 N–H and O–H groups in total. The van der Waals surface area contributed by atoms with E-state index in [4.69, 9.17) is 5.73 Å². The van der Waals surface area contributed by atoms with Crippen LogP contribution in [-0.2, 0) is 4.79 Å². The van der Waals surface area contributed by atoms with Gasteiger partial charge in [0.15, 0.2) is 0 Å². The fourth-order valence-electron chi connectivity index (χ4n) is 2.42. The zero-order valence-electron chi connectivity index (χ0n) is 9.90. The van der Waals surface area contributed by atoms with E-state index in [0.29, 0.717) is 12.5 Å². The van der Waals surface area contributed by atoms with Crippen LogP contribution in [0.5, 0.6) is 0 Å². The average molecular weight is 297 g/mol. The normalized spacial score (nSPS) is 24.8. The highest BCUT2D eigenvalue weighted by molar-refractivity contribution is 9.10. The van der Waals surface area contributed by atoms with Gasteiger partial charge >= 0.3 is 0 Å². The van der Waals surface area contributed by atoms with Crippen LogP contribution in [0.1, 0.15) is 24.8 Å². The van der Waals surface area contributed by atoms with Gasteiger partial charge in [0.2, 0.25) is 5.91 Å². The molecule has 1 aliphatic heterocycles. The van der Waals surface area contributed by atoms with Crippen molar-refractivity contribution in [2.45, 2.75) is 25.3 Å². The number of nitrogens with zero attached hydrogens (tertiary/aromatic N) is 1. The summed E-state index contributed by atoms with van der Waals surface area (Å²) < 4.78 is 1.08. The summed E-state index contributed by atoms with van der Waals surface area (Å²) in [5.41, 5.74) is 7.44. The summed E-state index contributed by atoms with van der Waals surface area (Å²) in [5.74, 6) is 0.469. The summed E-state index contributed by atoms with van der Waals surface area (Å²) >= 11 is 3.48. The van der Waals surface area contributed by atoms with E-state index in [2.05, 4.69) is 28.1 Å². The summed E-state index contributed by atoms with van der Waals surface area (Å²) in [4.78, 5) is 13.1. The molecule has 1 fully saturated rings. The predicted molar refractivity (Wildman–Crippen MR) is 71.7 cm³/mol. The van der Waals surface area contributed by atoms with Crippen molar-refractivity contribution >= 4 is 21.8 Å². The molecule has 92 valence electrons. The average Bonchev–Trinajstić information content (AvgIpc) is 2.28. The van der Waals surface area contributed by atoms with E-state index in [1.165, 1.54) is 5.56 Å². The Bertz CT molecular complexity index is 422. The summed E-state index contributed by atoms with van der Waals surface area (Å²) in [5, 5.41) is 0. The summed E-state index contributed by atoms with van der Waals surface area (Å²) in [7, 11) is 0. The first-order chi connectivity index (χ1) is 8.08. The molecule has 1 heterocycles. The molecule has 1 aromatic rings. The number of hydrogen-bond donors (Lipinski definition) is 1. The molecule has 0 bridgehead atoms. The van der Waals surface area contributed by atoms with Gasteiger partial charge < -0.3 is 10.6 Å². The lowest BCUT2D eigenvalue weighted by Gasteiger charge is -2.36. The van der Waals surface area contributed by atoms with Crippen LogP contribution in [0.25, 0.3) is 0 Å². The third-order valence-electron chi connectivity index (χ3n) is 3.38. The SMILES string of the molecule is CC(=O)N1CCC(c2cccc(Br)c2)C(N)C1. The number of halogens is 1. The quantitative estimate of drug-likeness (QED) is 0.863. The Hall–Kier alpha value is -0.870. The van der Waals surface area contributed by atoms with Crippen LogP contribution in [0.15, 0.2) is 28.7 Å². The Morgan fingerprint density at radius 2 is 2.29 bits per heavy atom. The minimum absolute atomic E-state index is 0.0296. The van der Waals surface area contributed by atoms with Gasteiger partial charge in [-0.3, -0.25) is 4.79 Å². The number of rotatable bonds is 1. The number of nitrogens with two attached hydrogens (primary N) is 1. The van der Waals surface area contributed by atoms with Crippen molar-refractivity contribution in [1.29, 1.82) is 0 Å². The third kappa shape index (κ3) is 2.87. The van der Waals surface area contributed by atoms with Crippen LogP contribution in [0.3, 0.4) is 0 Å². The van der Waals surface area contributed by atoms with E-state index < -0.39 is 0 Å². The molecule has 4 heteroatoms. The molecule has 0 aromatic heterocycles. The Morgan fingerprint density at radius 3 is 2.88 bits per heavy atom. The minimum atomic E-state index is 0.0296. The fourth-order valence-corrected chi connectivity index (χ4v) is 2.84. The zero-order chi connectivity index (χ0) is 12.4. The molecule has 0 spiro atoms. The maximum absolute atomic E-state index is 11.3. The summed E-state index contributed by atoms with van der Waals surface area (Å²) in [6, 6.07) is 8.30. The molecule has 0 saturated carbocycles. The second-order valence-electron chi connectivity index (χ2n) is 4.58. The third-order valence-corrected chi connectivity index (χ3v) is 3.87. The van der Waals surface area contributed by atoms with Crippen molar-refractivity contribution in [3.8, 4) is 0 Å². The first-order valence-corrected chi connectivity index (χ1v) is 6.64. The maximum Gasteiger partial charge on any atom is 0.219 e. The molecule has 3 nitrogen and oxygen atoms in total. The second-order valence-corrected chi connectivity index (χ2v) is 5.49. The van der Waals surface area contributed by atoms with E-state index in [9.17, 15) is 4.79 Å². The lowest BCUT2D eigenvalue weighted by atomic mass is 9.86. The lowest BCUT2D eigenvalue weighted by Crippen LogP contribution is -2.48. The van der Waals surface area contributed by atoms with Crippen LogP contribution < -0.4 is 5.73 Å². The van der Waals surface area contributed by atoms with Gasteiger partial charge in [0.25, 0.3) is 0 Å². The smallest absolute Gasteiger partial charge is 0.219 e. The summed E-state index contributed by atoms with van der Waals surface area (Å²) in [6.45, 7) is 3.07. The number of hydrogen-bond acceptors (Lipinski definition) is 2. The van der Waals surface area contributed by atoms with Crippen LogP contribution in [0.4, 0.5) is 0 Å². The highest BCUT2D eigenvalue weighted by atomic mass is 79.9. The number of piperidine rings is 1. The van der Waals surface area contributed by atoms with Crippen LogP contribution >= 0.6 is 15.9 Å². The second kappa shape index (κ2) is 5.19. The van der Waals surface area contributed by atoms with Gasteiger partial charge in [-0.15, -0.1) is 0 Å². The number of carbonyl (C=O) groups excluding carboxylic acids is 1. The minimum Gasteiger partial charge on any atom is -0.341 e. The van der Waals surface area contributed by atoms with Crippen molar-refractivity contribution < 1.29 is 4.79 Å². The monoisotopic (exact) mass is 296 g/mol. The lowest BCUT2D eigenvalue weighted by molar-refractivity contribution is -0.130. The molecular weight excluding hydrogens is 280 g/mol. The largest absolute Gasteiger partial charge is 0.341 e. The van der Waals surface area contributed by atoms with E-state index in [0.717, 1.165) is 17.4 Å². The number of amides is 1. The molecular formula is C13H17BrN2O. The van der Waals surface area contributed by atoms with Gasteiger partial charge in [0, 0.05) is 36.4 Å². The Labute approximate surface area is 110 Å². The van der Waals surface area contributed by atoms with Gasteiger partial charge in [-0.25, -0.2) is 0 Å². The molecule has 0 aliphatic carbocycles. The van der Waals surface area contributed by atoms with Crippen molar-refractivity contribution in [1.82, 2.24) is 4.90 Å². The number of likely N-dealkylation sites (tertiary alicyclic amines) is 1. The maximum atomic E-state index is 11.3. The fraction of sp³-hybridized carbons (Fsp3) is 0.462. The van der Waals surface area contributed by atoms with Crippen molar-refractivity contribution in [2.24, 2.45) is 5.73 Å². The first kappa shape index (κ1) is 12.6. The molecule has 2 atom stereocenters. The Kier molecular flexibility index (Phi) is 3.84. The number of carbonyl (C=O) groups is 1. The van der Waals surface area contributed by atoms with E-state index >= 15 is 0 Å². The van der Waals surface area contributed by atoms with E-state index in [1.807, 2.05) is 17.0 Å². The molecule has 17 heavy (non-hydrogen) atoms. The molecule has 1 aromatic carbocycles. The van der Waals surface area contributed by atoms with Crippen LogP contribution in [0.2, 0.25) is 0 Å². The van der Waals surface area contributed by atoms with Gasteiger partial charge in [-0.1, -0.05) is 28.1 Å². The Balaban J connectivity index is 2.12. The van der Waals surface area contributed by atoms with Crippen LogP contribution in [0, 0.1) is 0 Å². The highest BCUT2D eigenvalue weighted by Crippen LogP contribution is 2.28. The van der Waals surface area contributed by atoms with Crippen molar-refractivity contribution in [2.75, 3.05) is 13.1 Å². The molecule has 1 aliphatic rings. The Morgan fingerprint density at radius 1 is 1.53 bits per heavy atom. The molecule has 2 unspecified atom stereocenters. The standard InChI is InChI=1S/C13H17BrN2O/c1-9(17)16-6-5-12(13(15)8-16)10-3-2-4-11(14)7-10/h2-4,7,12-13H,5-6,8,15H2,1H3. The van der Waals surface area contributed by atoms with Crippen molar-refractivity contribution in [3.05, 3.63) is 34.3 Å². The van der Waals surface area contributed by atoms with Gasteiger partial charge in [0.1, 0.15) is 0 Å². The van der Waals surface area contributed by atoms with Gasteiger partial charge in [-0.2, -0.15) is 0 Å². The molecule has 1 saturated heterocycles. The highest BCUT2D eigenvalue weighted by Gasteiger charge is 2.28. The predicted octanol–water partition coefficient (Wildman–Crippen LogP) is 2.11. The zero-order valence-corrected chi connectivity index (χ0v) is 11.5. The topological polar surface area (TPSA) is 46.3 Å².